The van der Waals surface area contributed by atoms with Gasteiger partial charge in [0.25, 0.3) is 17.7 Å². The minimum absolute atomic E-state index is 0.0266. The quantitative estimate of drug-likeness (QED) is 0.0543. The maximum Gasteiger partial charge on any atom is 0.419 e. The summed E-state index contributed by atoms with van der Waals surface area (Å²) in [7, 11) is 1.62. The van der Waals surface area contributed by atoms with Crippen LogP contribution in [0.3, 0.4) is 0 Å². The van der Waals surface area contributed by atoms with Gasteiger partial charge in [-0.15, -0.1) is 0 Å². The summed E-state index contributed by atoms with van der Waals surface area (Å²) in [5, 5.41) is 11.0. The second-order valence-electron chi connectivity index (χ2n) is 19.1. The Hall–Kier alpha value is -7.59. The number of carbonyl (C=O) groups excluding carboxylic acids is 7. The zero-order valence-corrected chi connectivity index (χ0v) is 44.9. The van der Waals surface area contributed by atoms with Crippen molar-refractivity contribution >= 4 is 91.7 Å². The highest BCUT2D eigenvalue weighted by Crippen LogP contribution is 2.42. The molecule has 6 heterocycles. The predicted octanol–water partition coefficient (Wildman–Crippen LogP) is 7.55. The molecule has 9 rings (SSSR count). The van der Waals surface area contributed by atoms with Crippen LogP contribution in [0.15, 0.2) is 54.6 Å². The van der Waals surface area contributed by atoms with Crippen LogP contribution in [-0.2, 0) is 52.5 Å². The Morgan fingerprint density at radius 1 is 0.500 bits per heavy atom. The van der Waals surface area contributed by atoms with Crippen LogP contribution >= 0.6 is 0 Å². The number of nitrogens with zero attached hydrogens (tertiary/aromatic N) is 7. The first kappa shape index (κ1) is 55.2. The van der Waals surface area contributed by atoms with Gasteiger partial charge in [0.15, 0.2) is 0 Å². The normalized spacial score (nSPS) is 13.6. The maximum absolute atomic E-state index is 15.0. The molecular formula is C57H67N7O14. The van der Waals surface area contributed by atoms with Gasteiger partial charge in [-0.2, -0.15) is 0 Å². The van der Waals surface area contributed by atoms with Crippen molar-refractivity contribution in [3.8, 4) is 0 Å². The van der Waals surface area contributed by atoms with Crippen molar-refractivity contribution in [2.45, 2.75) is 72.6 Å². The molecule has 0 unspecified atom stereocenters. The minimum Gasteiger partial charge on any atom is -0.449 e. The number of aromatic nitrogens is 3. The molecule has 0 spiro atoms. The lowest BCUT2D eigenvalue weighted by molar-refractivity contribution is -0.118. The molecule has 21 heteroatoms. The summed E-state index contributed by atoms with van der Waals surface area (Å²) in [6.07, 6.45) is 1.41. The number of likely N-dealkylation sites (N-methyl/N-ethyl adjacent to an activating group) is 1. The molecule has 0 aliphatic carbocycles. The minimum atomic E-state index is -0.764. The van der Waals surface area contributed by atoms with Crippen LogP contribution in [0, 0.1) is 0 Å². The van der Waals surface area contributed by atoms with Gasteiger partial charge in [0.1, 0.15) is 17.1 Å². The molecule has 1 N–H and O–H groups in total. The van der Waals surface area contributed by atoms with E-state index in [2.05, 4.69) is 0 Å². The van der Waals surface area contributed by atoms with E-state index in [1.807, 2.05) is 13.0 Å². The molecular weight excluding hydrogens is 1010 g/mol. The number of aliphatic hydroxyl groups excluding tert-OH is 1. The van der Waals surface area contributed by atoms with Gasteiger partial charge in [0.2, 0.25) is 5.91 Å². The van der Waals surface area contributed by atoms with E-state index in [0.717, 1.165) is 23.2 Å². The summed E-state index contributed by atoms with van der Waals surface area (Å²) in [6.45, 7) is 10.8. The largest absolute Gasteiger partial charge is 0.449 e. The molecule has 3 aliphatic heterocycles. The number of anilines is 3. The third-order valence-corrected chi connectivity index (χ3v) is 14.6. The summed E-state index contributed by atoms with van der Waals surface area (Å²) >= 11 is 0. The van der Waals surface area contributed by atoms with Crippen molar-refractivity contribution in [2.24, 2.45) is 0 Å². The van der Waals surface area contributed by atoms with E-state index in [9.17, 15) is 33.9 Å². The van der Waals surface area contributed by atoms with Gasteiger partial charge in [-0.1, -0.05) is 6.42 Å². The number of unbranched alkanes of at least 4 members (excludes halogenated alkanes) is 2. The van der Waals surface area contributed by atoms with Gasteiger partial charge >= 0.3 is 18.3 Å². The number of rotatable bonds is 21. The highest BCUT2D eigenvalue weighted by Gasteiger charge is 2.38. The number of ether oxygens (including phenoxy) is 6. The van der Waals surface area contributed by atoms with E-state index in [0.29, 0.717) is 128 Å². The van der Waals surface area contributed by atoms with Crippen molar-refractivity contribution in [1.29, 1.82) is 0 Å². The zero-order chi connectivity index (χ0) is 55.2. The SMILES string of the molecule is CCOCCOCCOCCN(C)C(=O)c1cc2c3c(ccc2n1C(=O)OCC)N(C(=O)c1cc2c4c(ccc2n1C(=O)OCC)N(C(=O)c1cc2c5c(ccc2n1C(=O)OCC)N(C(=O)CCCCCO)CC5)CC4)CC3. The van der Waals surface area contributed by atoms with Gasteiger partial charge in [-0.05, 0) is 131 Å². The zero-order valence-electron chi connectivity index (χ0n) is 44.9. The molecule has 21 nitrogen and oxygen atoms in total. The Balaban J connectivity index is 1.01. The molecule has 78 heavy (non-hydrogen) atoms. The Morgan fingerprint density at radius 3 is 1.36 bits per heavy atom. The number of hydrogen-bond acceptors (Lipinski definition) is 14. The van der Waals surface area contributed by atoms with E-state index >= 15 is 4.79 Å². The van der Waals surface area contributed by atoms with Crippen LogP contribution in [0.2, 0.25) is 0 Å². The summed E-state index contributed by atoms with van der Waals surface area (Å²) in [4.78, 5) is 105. The predicted molar refractivity (Wildman–Crippen MR) is 291 cm³/mol. The Morgan fingerprint density at radius 2 is 0.910 bits per heavy atom. The van der Waals surface area contributed by atoms with Crippen LogP contribution in [0.4, 0.5) is 31.4 Å². The standard InChI is InChI=1S/C57H67N7O14/c1-6-73-29-30-75-32-31-74-28-26-58(5)52(67)48-33-39-37-21-24-60(43(37)15-18-45(39)62(48)55(70)76-7-2)54(69)50-35-41-38-22-25-61(44(38)16-19-47(41)64(50)57(72)78-9-4)53(68)49-34-40-36-20-23-59(51(66)13-11-10-12-27-65)42(36)14-17-46(40)63(49)56(71)77-8-3/h14-19,33-35,65H,6-13,20-32H2,1-5H3. The van der Waals surface area contributed by atoms with Gasteiger partial charge in [-0.25, -0.2) is 28.1 Å². The molecule has 0 fully saturated rings. The molecule has 3 aromatic heterocycles. The molecule has 414 valence electrons. The van der Waals surface area contributed by atoms with Crippen LogP contribution in [0.1, 0.15) is 102 Å². The number of amides is 4. The van der Waals surface area contributed by atoms with Crippen LogP contribution < -0.4 is 14.7 Å². The fourth-order valence-electron chi connectivity index (χ4n) is 10.9. The Kier molecular flexibility index (Phi) is 17.3. The summed E-state index contributed by atoms with van der Waals surface area (Å²) in [5.74, 6) is -1.42. The molecule has 0 saturated carbocycles. The number of benzene rings is 3. The second-order valence-corrected chi connectivity index (χ2v) is 19.1. The molecule has 6 aromatic rings. The average molecular weight is 1070 g/mol. The molecule has 3 aromatic carbocycles. The van der Waals surface area contributed by atoms with E-state index in [4.69, 9.17) is 28.4 Å². The van der Waals surface area contributed by atoms with E-state index < -0.39 is 36.0 Å². The summed E-state index contributed by atoms with van der Waals surface area (Å²) in [6, 6.07) is 15.3. The highest BCUT2D eigenvalue weighted by molar-refractivity contribution is 6.17. The van der Waals surface area contributed by atoms with Crippen LogP contribution in [-0.4, -0.2) is 165 Å². The van der Waals surface area contributed by atoms with Crippen molar-refractivity contribution in [3.63, 3.8) is 0 Å². The van der Waals surface area contributed by atoms with Crippen LogP contribution in [0.25, 0.3) is 32.7 Å². The molecule has 0 atom stereocenters. The smallest absolute Gasteiger partial charge is 0.419 e. The van der Waals surface area contributed by atoms with E-state index in [-0.39, 0.29) is 75.7 Å². The maximum atomic E-state index is 15.0. The third-order valence-electron chi connectivity index (χ3n) is 14.6. The first-order valence-corrected chi connectivity index (χ1v) is 27.0. The second kappa shape index (κ2) is 24.4. The van der Waals surface area contributed by atoms with Crippen LogP contribution in [0.5, 0.6) is 0 Å². The first-order chi connectivity index (χ1) is 37.9. The van der Waals surface area contributed by atoms with Gasteiger partial charge < -0.3 is 53.1 Å². The van der Waals surface area contributed by atoms with Gasteiger partial charge in [0, 0.05) is 86.1 Å². The van der Waals surface area contributed by atoms with Crippen molar-refractivity contribution < 1.29 is 67.1 Å². The van der Waals surface area contributed by atoms with Crippen molar-refractivity contribution in [1.82, 2.24) is 18.6 Å². The average Bonchev–Trinajstić information content (AvgIpc) is 4.48. The molecule has 0 radical (unpaired) electrons. The molecule has 4 amide bonds. The topological polar surface area (TPSA) is 223 Å². The Labute approximate surface area is 451 Å². The number of hydrogen-bond donors (Lipinski definition) is 1. The fourth-order valence-corrected chi connectivity index (χ4v) is 10.9. The first-order valence-electron chi connectivity index (χ1n) is 27.0. The van der Waals surface area contributed by atoms with Gasteiger partial charge in [-0.3, -0.25) is 19.2 Å². The lowest BCUT2D eigenvalue weighted by Crippen LogP contribution is -2.33. The number of carbonyl (C=O) groups is 7. The third kappa shape index (κ3) is 10.5. The van der Waals surface area contributed by atoms with E-state index in [1.54, 1.807) is 91.0 Å². The lowest BCUT2D eigenvalue weighted by Gasteiger charge is -2.19. The van der Waals surface area contributed by atoms with E-state index in [1.165, 1.54) is 18.6 Å². The molecule has 0 saturated heterocycles. The summed E-state index contributed by atoms with van der Waals surface area (Å²) in [5.41, 5.74) is 5.60. The molecule has 0 bridgehead atoms. The summed E-state index contributed by atoms with van der Waals surface area (Å²) < 4.78 is 36.8. The monoisotopic (exact) mass is 1070 g/mol. The number of fused-ring (bicyclic) bond motifs is 9. The lowest BCUT2D eigenvalue weighted by atomic mass is 10.1. The van der Waals surface area contributed by atoms with Gasteiger partial charge in [0.05, 0.1) is 69.4 Å². The van der Waals surface area contributed by atoms with Crippen molar-refractivity contribution in [2.75, 3.05) is 114 Å². The number of aliphatic hydroxyl groups is 1. The van der Waals surface area contributed by atoms with Crippen molar-refractivity contribution in [3.05, 3.63) is 88.4 Å². The Bertz CT molecular complexity index is 3300. The highest BCUT2D eigenvalue weighted by atomic mass is 16.6. The fraction of sp³-hybridized carbons (Fsp3) is 0.456. The molecule has 3 aliphatic rings.